The second kappa shape index (κ2) is 6.61. The van der Waals surface area contributed by atoms with Gasteiger partial charge in [0, 0.05) is 41.5 Å². The first-order chi connectivity index (χ1) is 7.13. The van der Waals surface area contributed by atoms with Gasteiger partial charge in [-0.25, -0.2) is 0 Å². The van der Waals surface area contributed by atoms with Crippen LogP contribution in [-0.2, 0) is 15.5 Å². The molecule has 0 aromatic carbocycles. The van der Waals surface area contributed by atoms with Crippen LogP contribution < -0.4 is 5.32 Å². The van der Waals surface area contributed by atoms with Gasteiger partial charge in [-0.1, -0.05) is 6.92 Å². The molecule has 1 N–H and O–H groups in total. The fourth-order valence-electron chi connectivity index (χ4n) is 1.80. The number of hydrogen-bond acceptors (Lipinski definition) is 3. The maximum Gasteiger partial charge on any atom is 0.0587 e. The van der Waals surface area contributed by atoms with Crippen LogP contribution in [0.5, 0.6) is 0 Å². The number of rotatable bonds is 5. The Morgan fingerprint density at radius 1 is 1.60 bits per heavy atom. The first-order valence-corrected chi connectivity index (χ1v) is 7.42. The van der Waals surface area contributed by atoms with Crippen LogP contribution in [0.25, 0.3) is 0 Å². The summed E-state index contributed by atoms with van der Waals surface area (Å²) in [6.07, 6.45) is 5.45. The number of hydrogen-bond donors (Lipinski definition) is 1. The van der Waals surface area contributed by atoms with Crippen LogP contribution in [0.4, 0.5) is 0 Å². The van der Waals surface area contributed by atoms with Crippen LogP contribution in [0.2, 0.25) is 0 Å². The van der Waals surface area contributed by atoms with Gasteiger partial charge in [0.2, 0.25) is 0 Å². The van der Waals surface area contributed by atoms with Crippen molar-refractivity contribution in [3.05, 3.63) is 0 Å². The second-order valence-corrected chi connectivity index (χ2v) is 6.14. The first kappa shape index (κ1) is 13.1. The van der Waals surface area contributed by atoms with Gasteiger partial charge in [0.1, 0.15) is 0 Å². The van der Waals surface area contributed by atoms with Gasteiger partial charge >= 0.3 is 0 Å². The molecule has 0 bridgehead atoms. The van der Waals surface area contributed by atoms with Crippen LogP contribution in [-0.4, -0.2) is 41.0 Å². The summed E-state index contributed by atoms with van der Waals surface area (Å²) in [5.41, 5.74) is 0. The summed E-state index contributed by atoms with van der Waals surface area (Å²) in [5, 5.41) is 3.74. The van der Waals surface area contributed by atoms with E-state index in [1.165, 1.54) is 0 Å². The molecule has 0 radical (unpaired) electrons. The van der Waals surface area contributed by atoms with Crippen molar-refractivity contribution >= 4 is 10.8 Å². The highest BCUT2D eigenvalue weighted by atomic mass is 32.2. The van der Waals surface area contributed by atoms with Crippen LogP contribution in [0.15, 0.2) is 0 Å². The van der Waals surface area contributed by atoms with Gasteiger partial charge in [0.05, 0.1) is 6.10 Å². The topological polar surface area (TPSA) is 38.3 Å². The van der Waals surface area contributed by atoms with E-state index in [0.29, 0.717) is 12.1 Å². The van der Waals surface area contributed by atoms with Crippen molar-refractivity contribution in [2.45, 2.75) is 50.5 Å². The summed E-state index contributed by atoms with van der Waals surface area (Å²) in [6, 6.07) is 0.551. The predicted molar refractivity (Wildman–Crippen MR) is 64.6 cm³/mol. The van der Waals surface area contributed by atoms with Crippen LogP contribution in [0.1, 0.15) is 33.1 Å². The molecule has 1 fully saturated rings. The van der Waals surface area contributed by atoms with E-state index in [1.54, 1.807) is 6.26 Å². The zero-order chi connectivity index (χ0) is 11.3. The molecule has 90 valence electrons. The van der Waals surface area contributed by atoms with Crippen molar-refractivity contribution in [2.24, 2.45) is 0 Å². The van der Waals surface area contributed by atoms with Crippen molar-refractivity contribution in [3.8, 4) is 0 Å². The Labute approximate surface area is 95.4 Å². The molecule has 15 heavy (non-hydrogen) atoms. The minimum absolute atomic E-state index is 0.243. The maximum atomic E-state index is 11.2. The summed E-state index contributed by atoms with van der Waals surface area (Å²) >= 11 is 0. The lowest BCUT2D eigenvalue weighted by molar-refractivity contribution is 0.000120. The zero-order valence-electron chi connectivity index (χ0n) is 9.99. The molecule has 1 aliphatic rings. The second-order valence-electron chi connectivity index (χ2n) is 4.34. The molecule has 3 nitrogen and oxygen atoms in total. The summed E-state index contributed by atoms with van der Waals surface area (Å²) in [5.74, 6) is 0. The van der Waals surface area contributed by atoms with Gasteiger partial charge in [0.15, 0.2) is 0 Å². The SMILES string of the molecule is CCC1CC(NCC(C)S(C)=O)CCO1. The maximum absolute atomic E-state index is 11.2. The molecule has 0 aromatic rings. The van der Waals surface area contributed by atoms with Gasteiger partial charge in [-0.15, -0.1) is 0 Å². The monoisotopic (exact) mass is 233 g/mol. The van der Waals surface area contributed by atoms with E-state index in [9.17, 15) is 4.21 Å². The van der Waals surface area contributed by atoms with Gasteiger partial charge in [-0.05, 0) is 26.2 Å². The van der Waals surface area contributed by atoms with Crippen molar-refractivity contribution < 1.29 is 8.95 Å². The average molecular weight is 233 g/mol. The lowest BCUT2D eigenvalue weighted by Crippen LogP contribution is -2.42. The smallest absolute Gasteiger partial charge is 0.0587 e. The van der Waals surface area contributed by atoms with Crippen molar-refractivity contribution in [2.75, 3.05) is 19.4 Å². The van der Waals surface area contributed by atoms with E-state index in [2.05, 4.69) is 12.2 Å². The Balaban J connectivity index is 2.23. The molecular formula is C11H23NO2S. The molecule has 1 heterocycles. The fraction of sp³-hybridized carbons (Fsp3) is 1.00. The fourth-order valence-corrected chi connectivity index (χ4v) is 2.13. The average Bonchev–Trinajstić information content (AvgIpc) is 2.26. The summed E-state index contributed by atoms with van der Waals surface area (Å²) in [4.78, 5) is 0. The molecule has 4 atom stereocenters. The van der Waals surface area contributed by atoms with Gasteiger partial charge in [-0.2, -0.15) is 0 Å². The minimum atomic E-state index is -0.719. The van der Waals surface area contributed by atoms with Crippen LogP contribution in [0.3, 0.4) is 0 Å². The first-order valence-electron chi connectivity index (χ1n) is 5.80. The highest BCUT2D eigenvalue weighted by molar-refractivity contribution is 7.84. The molecular weight excluding hydrogens is 210 g/mol. The molecule has 4 heteroatoms. The molecule has 0 amide bonds. The van der Waals surface area contributed by atoms with Gasteiger partial charge in [-0.3, -0.25) is 4.21 Å². The van der Waals surface area contributed by atoms with Gasteiger partial charge in [0.25, 0.3) is 0 Å². The lowest BCUT2D eigenvalue weighted by Gasteiger charge is -2.30. The molecule has 0 spiro atoms. The van der Waals surface area contributed by atoms with E-state index < -0.39 is 10.8 Å². The Morgan fingerprint density at radius 2 is 2.33 bits per heavy atom. The highest BCUT2D eigenvalue weighted by Crippen LogP contribution is 2.16. The van der Waals surface area contributed by atoms with Crippen LogP contribution >= 0.6 is 0 Å². The molecule has 0 aromatic heterocycles. The van der Waals surface area contributed by atoms with E-state index >= 15 is 0 Å². The third-order valence-electron chi connectivity index (χ3n) is 3.08. The Bertz CT molecular complexity index is 211. The summed E-state index contributed by atoms with van der Waals surface area (Å²) < 4.78 is 16.8. The van der Waals surface area contributed by atoms with E-state index in [4.69, 9.17) is 4.74 Å². The largest absolute Gasteiger partial charge is 0.378 e. The lowest BCUT2D eigenvalue weighted by atomic mass is 10.0. The van der Waals surface area contributed by atoms with E-state index in [0.717, 1.165) is 32.4 Å². The Kier molecular flexibility index (Phi) is 5.79. The number of ether oxygens (including phenoxy) is 1. The highest BCUT2D eigenvalue weighted by Gasteiger charge is 2.21. The summed E-state index contributed by atoms with van der Waals surface area (Å²) in [6.45, 7) is 5.90. The van der Waals surface area contributed by atoms with Crippen LogP contribution in [0, 0.1) is 0 Å². The van der Waals surface area contributed by atoms with E-state index in [1.807, 2.05) is 6.92 Å². The van der Waals surface area contributed by atoms with Gasteiger partial charge < -0.3 is 10.1 Å². The molecule has 0 aliphatic carbocycles. The predicted octanol–water partition coefficient (Wildman–Crippen LogP) is 1.30. The third-order valence-corrected chi connectivity index (χ3v) is 4.38. The standard InChI is InChI=1S/C11H23NO2S/c1-4-11-7-10(5-6-14-11)12-8-9(2)15(3)13/h9-12H,4-8H2,1-3H3. The molecule has 4 unspecified atom stereocenters. The normalized spacial score (nSPS) is 31.1. The third kappa shape index (κ3) is 4.62. The Hall–Kier alpha value is 0.0700. The van der Waals surface area contributed by atoms with Crippen molar-refractivity contribution in [1.82, 2.24) is 5.32 Å². The van der Waals surface area contributed by atoms with E-state index in [-0.39, 0.29) is 5.25 Å². The quantitative estimate of drug-likeness (QED) is 0.778. The number of nitrogens with one attached hydrogen (secondary N) is 1. The molecule has 0 saturated carbocycles. The minimum Gasteiger partial charge on any atom is -0.378 e. The molecule has 1 aliphatic heterocycles. The molecule has 1 saturated heterocycles. The summed E-state index contributed by atoms with van der Waals surface area (Å²) in [7, 11) is -0.719. The molecule has 1 rings (SSSR count). The Morgan fingerprint density at radius 3 is 2.93 bits per heavy atom. The van der Waals surface area contributed by atoms with Crippen molar-refractivity contribution in [3.63, 3.8) is 0 Å². The zero-order valence-corrected chi connectivity index (χ0v) is 10.8. The van der Waals surface area contributed by atoms with Crippen molar-refractivity contribution in [1.29, 1.82) is 0 Å².